The summed E-state index contributed by atoms with van der Waals surface area (Å²) in [5, 5.41) is 5.71. The van der Waals surface area contributed by atoms with Gasteiger partial charge in [0.25, 0.3) is 0 Å². The second kappa shape index (κ2) is 3.17. The van der Waals surface area contributed by atoms with Crippen LogP contribution in [-0.4, -0.2) is 9.78 Å². The number of benzene rings is 1. The molecule has 3 nitrogen and oxygen atoms in total. The van der Waals surface area contributed by atoms with E-state index in [1.54, 1.807) is 4.68 Å². The van der Waals surface area contributed by atoms with Crippen molar-refractivity contribution in [3.05, 3.63) is 22.7 Å². The minimum Gasteiger partial charge on any atom is -0.382 e. The normalized spacial score (nSPS) is 11.1. The average molecular weight is 210 g/mol. The van der Waals surface area contributed by atoms with E-state index in [-0.39, 0.29) is 0 Å². The van der Waals surface area contributed by atoms with E-state index < -0.39 is 0 Å². The van der Waals surface area contributed by atoms with Gasteiger partial charge in [0.15, 0.2) is 5.82 Å². The standard InChI is InChI=1S/C10H12ClN3/c1-3-6-4-5-7(11)8-9(6)14(2)13-10(8)12/h4-5H,3H2,1-2H3,(H2,12,13). The molecule has 2 N–H and O–H groups in total. The highest BCUT2D eigenvalue weighted by molar-refractivity contribution is 6.36. The van der Waals surface area contributed by atoms with Crippen molar-refractivity contribution >= 4 is 28.3 Å². The van der Waals surface area contributed by atoms with Crippen molar-refractivity contribution in [2.24, 2.45) is 7.05 Å². The molecule has 2 aromatic rings. The van der Waals surface area contributed by atoms with E-state index in [2.05, 4.69) is 12.0 Å². The molecule has 1 aromatic carbocycles. The summed E-state index contributed by atoms with van der Waals surface area (Å²) in [4.78, 5) is 0. The van der Waals surface area contributed by atoms with Crippen molar-refractivity contribution in [1.29, 1.82) is 0 Å². The third kappa shape index (κ3) is 1.16. The van der Waals surface area contributed by atoms with Crippen molar-refractivity contribution < 1.29 is 0 Å². The van der Waals surface area contributed by atoms with Crippen molar-refractivity contribution in [1.82, 2.24) is 9.78 Å². The van der Waals surface area contributed by atoms with Crippen LogP contribution in [0.4, 0.5) is 5.82 Å². The van der Waals surface area contributed by atoms with Crippen molar-refractivity contribution in [3.8, 4) is 0 Å². The number of nitrogens with two attached hydrogens (primary N) is 1. The third-order valence-corrected chi connectivity index (χ3v) is 2.74. The number of hydrogen-bond donors (Lipinski definition) is 1. The van der Waals surface area contributed by atoms with Crippen LogP contribution in [0.5, 0.6) is 0 Å². The number of rotatable bonds is 1. The monoisotopic (exact) mass is 209 g/mol. The van der Waals surface area contributed by atoms with Gasteiger partial charge in [-0.1, -0.05) is 24.6 Å². The van der Waals surface area contributed by atoms with E-state index in [4.69, 9.17) is 17.3 Å². The molecule has 0 fully saturated rings. The molecule has 4 heteroatoms. The summed E-state index contributed by atoms with van der Waals surface area (Å²) in [6, 6.07) is 3.90. The smallest absolute Gasteiger partial charge is 0.154 e. The molecule has 0 bridgehead atoms. The fourth-order valence-corrected chi connectivity index (χ4v) is 2.02. The number of nitrogens with zero attached hydrogens (tertiary/aromatic N) is 2. The summed E-state index contributed by atoms with van der Waals surface area (Å²) in [6.07, 6.45) is 0.951. The van der Waals surface area contributed by atoms with Crippen LogP contribution in [0.3, 0.4) is 0 Å². The number of aromatic nitrogens is 2. The Labute approximate surface area is 87.5 Å². The van der Waals surface area contributed by atoms with Crippen molar-refractivity contribution in [2.75, 3.05) is 5.73 Å². The van der Waals surface area contributed by atoms with Crippen molar-refractivity contribution in [3.63, 3.8) is 0 Å². The van der Waals surface area contributed by atoms with E-state index in [0.29, 0.717) is 10.8 Å². The molecule has 0 amide bonds. The Bertz CT molecular complexity index is 488. The highest BCUT2D eigenvalue weighted by Crippen LogP contribution is 2.30. The molecule has 0 saturated heterocycles. The minimum atomic E-state index is 0.503. The van der Waals surface area contributed by atoms with E-state index in [1.165, 1.54) is 5.56 Å². The summed E-state index contributed by atoms with van der Waals surface area (Å²) in [5.41, 5.74) is 8.04. The lowest BCUT2D eigenvalue weighted by atomic mass is 10.1. The van der Waals surface area contributed by atoms with Crippen LogP contribution in [-0.2, 0) is 13.5 Å². The first-order valence-electron chi connectivity index (χ1n) is 4.54. The zero-order valence-corrected chi connectivity index (χ0v) is 8.97. The molecule has 74 valence electrons. The zero-order valence-electron chi connectivity index (χ0n) is 8.21. The fraction of sp³-hybridized carbons (Fsp3) is 0.300. The molecular weight excluding hydrogens is 198 g/mol. The molecule has 0 aliphatic carbocycles. The molecule has 1 aromatic heterocycles. The number of anilines is 1. The van der Waals surface area contributed by atoms with Crippen molar-refractivity contribution in [2.45, 2.75) is 13.3 Å². The van der Waals surface area contributed by atoms with E-state index in [9.17, 15) is 0 Å². The Morgan fingerprint density at radius 3 is 2.86 bits per heavy atom. The van der Waals surface area contributed by atoms with Gasteiger partial charge >= 0.3 is 0 Å². The molecule has 2 rings (SSSR count). The number of nitrogen functional groups attached to an aromatic ring is 1. The van der Waals surface area contributed by atoms with Crippen LogP contribution in [0, 0.1) is 0 Å². The Kier molecular flexibility index (Phi) is 2.11. The Morgan fingerprint density at radius 2 is 2.21 bits per heavy atom. The lowest BCUT2D eigenvalue weighted by Gasteiger charge is -2.02. The topological polar surface area (TPSA) is 43.8 Å². The predicted octanol–water partition coefficient (Wildman–Crippen LogP) is 2.37. The van der Waals surface area contributed by atoms with Crippen LogP contribution in [0.2, 0.25) is 5.02 Å². The number of halogens is 1. The lowest BCUT2D eigenvalue weighted by molar-refractivity contribution is 0.797. The molecule has 0 spiro atoms. The number of fused-ring (bicyclic) bond motifs is 1. The molecule has 0 saturated carbocycles. The van der Waals surface area contributed by atoms with E-state index in [1.807, 2.05) is 19.2 Å². The fourth-order valence-electron chi connectivity index (χ4n) is 1.77. The molecule has 0 unspecified atom stereocenters. The minimum absolute atomic E-state index is 0.503. The van der Waals surface area contributed by atoms with Crippen LogP contribution >= 0.6 is 11.6 Å². The van der Waals surface area contributed by atoms with Crippen LogP contribution in [0.1, 0.15) is 12.5 Å². The molecule has 0 aliphatic heterocycles. The average Bonchev–Trinajstić information content (AvgIpc) is 2.44. The highest BCUT2D eigenvalue weighted by Gasteiger charge is 2.12. The maximum atomic E-state index is 6.07. The quantitative estimate of drug-likeness (QED) is 0.784. The summed E-state index contributed by atoms with van der Waals surface area (Å²) >= 11 is 6.07. The highest BCUT2D eigenvalue weighted by atomic mass is 35.5. The summed E-state index contributed by atoms with van der Waals surface area (Å²) in [6.45, 7) is 2.10. The molecule has 0 radical (unpaired) electrons. The predicted molar refractivity (Wildman–Crippen MR) is 59.5 cm³/mol. The summed E-state index contributed by atoms with van der Waals surface area (Å²) in [5.74, 6) is 0.503. The van der Waals surface area contributed by atoms with E-state index in [0.717, 1.165) is 17.3 Å². The van der Waals surface area contributed by atoms with Gasteiger partial charge in [-0.15, -0.1) is 0 Å². The SMILES string of the molecule is CCc1ccc(Cl)c2c(N)nn(C)c12. The first kappa shape index (κ1) is 9.34. The van der Waals surface area contributed by atoms with Crippen LogP contribution in [0.25, 0.3) is 10.9 Å². The first-order valence-corrected chi connectivity index (χ1v) is 4.92. The third-order valence-electron chi connectivity index (χ3n) is 2.43. The van der Waals surface area contributed by atoms with Crippen LogP contribution in [0.15, 0.2) is 12.1 Å². The Morgan fingerprint density at radius 1 is 1.50 bits per heavy atom. The van der Waals surface area contributed by atoms with Gasteiger partial charge in [0.2, 0.25) is 0 Å². The Hall–Kier alpha value is -1.22. The van der Waals surface area contributed by atoms with Gasteiger partial charge in [0, 0.05) is 7.05 Å². The maximum absolute atomic E-state index is 6.07. The van der Waals surface area contributed by atoms with E-state index >= 15 is 0 Å². The van der Waals surface area contributed by atoms with Gasteiger partial charge in [-0.2, -0.15) is 5.10 Å². The van der Waals surface area contributed by atoms with Gasteiger partial charge in [0.1, 0.15) is 0 Å². The maximum Gasteiger partial charge on any atom is 0.154 e. The largest absolute Gasteiger partial charge is 0.382 e. The summed E-state index contributed by atoms with van der Waals surface area (Å²) in [7, 11) is 1.88. The van der Waals surface area contributed by atoms with Gasteiger partial charge in [0.05, 0.1) is 15.9 Å². The number of aryl methyl sites for hydroxylation is 2. The lowest BCUT2D eigenvalue weighted by Crippen LogP contribution is -1.93. The molecule has 1 heterocycles. The summed E-state index contributed by atoms with van der Waals surface area (Å²) < 4.78 is 1.79. The number of hydrogen-bond acceptors (Lipinski definition) is 2. The second-order valence-corrected chi connectivity index (χ2v) is 3.70. The Balaban J connectivity index is 2.94. The zero-order chi connectivity index (χ0) is 10.3. The van der Waals surface area contributed by atoms with Gasteiger partial charge < -0.3 is 5.73 Å². The molecule has 14 heavy (non-hydrogen) atoms. The van der Waals surface area contributed by atoms with Gasteiger partial charge in [-0.05, 0) is 18.1 Å². The first-order chi connectivity index (χ1) is 6.65. The van der Waals surface area contributed by atoms with Gasteiger partial charge in [-0.3, -0.25) is 4.68 Å². The van der Waals surface area contributed by atoms with Crippen LogP contribution < -0.4 is 5.73 Å². The van der Waals surface area contributed by atoms with Gasteiger partial charge in [-0.25, -0.2) is 0 Å². The molecule has 0 atom stereocenters. The molecular formula is C10H12ClN3. The second-order valence-electron chi connectivity index (χ2n) is 3.29. The molecule has 0 aliphatic rings.